The summed E-state index contributed by atoms with van der Waals surface area (Å²) in [6.45, 7) is 1.25. The summed E-state index contributed by atoms with van der Waals surface area (Å²) in [5.74, 6) is -3.33. The number of pyridine rings is 2. The summed E-state index contributed by atoms with van der Waals surface area (Å²) < 4.78 is 33.7. The third kappa shape index (κ3) is 3.43. The molecule has 0 radical (unpaired) electrons. The lowest BCUT2D eigenvalue weighted by Gasteiger charge is -2.07. The molecular weight excluding hydrogens is 360 g/mol. The highest BCUT2D eigenvalue weighted by Crippen LogP contribution is 2.32. The number of nitrogens with zero attached hydrogens (tertiary/aromatic N) is 5. The molecule has 3 aromatic heterocycles. The van der Waals surface area contributed by atoms with Gasteiger partial charge in [-0.25, -0.2) is 23.8 Å². The van der Waals surface area contributed by atoms with E-state index in [9.17, 15) is 18.8 Å². The lowest BCUT2D eigenvalue weighted by Crippen LogP contribution is -2.23. The molecule has 0 aliphatic rings. The predicted molar refractivity (Wildman–Crippen MR) is 86.9 cm³/mol. The first kappa shape index (κ1) is 17.9. The van der Waals surface area contributed by atoms with Gasteiger partial charge < -0.3 is 9.84 Å². The summed E-state index contributed by atoms with van der Waals surface area (Å²) >= 11 is 0. The van der Waals surface area contributed by atoms with Gasteiger partial charge in [0.25, 0.3) is 5.88 Å². The fourth-order valence-electron chi connectivity index (χ4n) is 2.27. The molecule has 1 atom stereocenters. The van der Waals surface area contributed by atoms with Gasteiger partial charge in [0.2, 0.25) is 5.95 Å². The second-order valence-corrected chi connectivity index (χ2v) is 5.33. The van der Waals surface area contributed by atoms with Crippen molar-refractivity contribution in [3.05, 3.63) is 54.0 Å². The maximum absolute atomic E-state index is 14.3. The largest absolute Gasteiger partial charge is 0.479 e. The van der Waals surface area contributed by atoms with Gasteiger partial charge in [-0.1, -0.05) is 0 Å². The first-order chi connectivity index (χ1) is 12.9. The molecule has 1 N–H and O–H groups in total. The Morgan fingerprint density at radius 3 is 2.70 bits per heavy atom. The zero-order valence-electron chi connectivity index (χ0n) is 13.8. The van der Waals surface area contributed by atoms with Crippen LogP contribution in [-0.2, 0) is 4.79 Å². The summed E-state index contributed by atoms with van der Waals surface area (Å²) in [5.41, 5.74) is 0.111. The molecule has 0 saturated carbocycles. The van der Waals surface area contributed by atoms with Crippen molar-refractivity contribution in [3.8, 4) is 29.0 Å². The molecule has 10 heteroatoms. The molecule has 3 rings (SSSR count). The number of carbonyl (C=O) groups is 1. The van der Waals surface area contributed by atoms with E-state index >= 15 is 0 Å². The molecule has 0 spiro atoms. The Hall–Kier alpha value is -3.87. The average molecular weight is 371 g/mol. The second-order valence-electron chi connectivity index (χ2n) is 5.33. The minimum atomic E-state index is -1.31. The Morgan fingerprint density at radius 2 is 2.11 bits per heavy atom. The minimum absolute atomic E-state index is 0.0372. The topological polar surface area (TPSA) is 114 Å². The van der Waals surface area contributed by atoms with Crippen LogP contribution in [0, 0.1) is 23.1 Å². The van der Waals surface area contributed by atoms with Crippen molar-refractivity contribution in [3.63, 3.8) is 0 Å². The van der Waals surface area contributed by atoms with Crippen LogP contribution in [0.2, 0.25) is 0 Å². The molecule has 27 heavy (non-hydrogen) atoms. The van der Waals surface area contributed by atoms with E-state index in [0.29, 0.717) is 0 Å². The summed E-state index contributed by atoms with van der Waals surface area (Å²) in [4.78, 5) is 18.5. The van der Waals surface area contributed by atoms with Crippen molar-refractivity contribution in [1.82, 2.24) is 19.7 Å². The van der Waals surface area contributed by atoms with E-state index in [4.69, 9.17) is 9.84 Å². The first-order valence-corrected chi connectivity index (χ1v) is 7.57. The SMILES string of the molecule is C[C@@H](Oc1nn(-c2ncccc2F)c(-c2ccc(F)nc2)c1C#N)C(=O)O. The average Bonchev–Trinajstić information content (AvgIpc) is 3.00. The molecule has 3 aromatic rings. The van der Waals surface area contributed by atoms with Crippen molar-refractivity contribution >= 4 is 5.97 Å². The van der Waals surface area contributed by atoms with Crippen molar-refractivity contribution in [1.29, 1.82) is 5.26 Å². The van der Waals surface area contributed by atoms with Crippen molar-refractivity contribution < 1.29 is 23.4 Å². The fraction of sp³-hybridized carbons (Fsp3) is 0.118. The van der Waals surface area contributed by atoms with Gasteiger partial charge in [-0.05, 0) is 31.2 Å². The molecule has 0 aromatic carbocycles. The Kier molecular flexibility index (Phi) is 4.76. The van der Waals surface area contributed by atoms with Crippen molar-refractivity contribution in [2.75, 3.05) is 0 Å². The molecule has 0 unspecified atom stereocenters. The van der Waals surface area contributed by atoms with E-state index in [0.717, 1.165) is 23.0 Å². The van der Waals surface area contributed by atoms with Gasteiger partial charge in [0.15, 0.2) is 17.7 Å². The van der Waals surface area contributed by atoms with Crippen LogP contribution in [0.15, 0.2) is 36.7 Å². The monoisotopic (exact) mass is 371 g/mol. The number of halogens is 2. The van der Waals surface area contributed by atoms with Crippen molar-refractivity contribution in [2.24, 2.45) is 0 Å². The van der Waals surface area contributed by atoms with Crippen LogP contribution in [0.5, 0.6) is 5.88 Å². The number of ether oxygens (including phenoxy) is 1. The molecule has 0 amide bonds. The molecule has 0 saturated heterocycles. The number of hydrogen-bond acceptors (Lipinski definition) is 6. The maximum atomic E-state index is 14.3. The number of carboxylic acid groups (broad SMARTS) is 1. The molecule has 136 valence electrons. The number of rotatable bonds is 5. The summed E-state index contributed by atoms with van der Waals surface area (Å²) in [5, 5.41) is 22.6. The molecule has 0 bridgehead atoms. The van der Waals surface area contributed by atoms with E-state index < -0.39 is 23.8 Å². The van der Waals surface area contributed by atoms with Gasteiger partial charge in [-0.15, -0.1) is 5.10 Å². The van der Waals surface area contributed by atoms with E-state index in [1.54, 1.807) is 0 Å². The smallest absolute Gasteiger partial charge is 0.344 e. The van der Waals surface area contributed by atoms with E-state index in [-0.39, 0.29) is 28.5 Å². The predicted octanol–water partition coefficient (Wildman–Crippen LogP) is 2.33. The van der Waals surface area contributed by atoms with Gasteiger partial charge in [0.1, 0.15) is 11.6 Å². The third-order valence-electron chi connectivity index (χ3n) is 3.54. The fourth-order valence-corrected chi connectivity index (χ4v) is 2.27. The summed E-state index contributed by atoms with van der Waals surface area (Å²) in [7, 11) is 0. The molecular formula is C17H11F2N5O3. The highest BCUT2D eigenvalue weighted by Gasteiger charge is 2.26. The van der Waals surface area contributed by atoms with Crippen LogP contribution in [0.4, 0.5) is 8.78 Å². The quantitative estimate of drug-likeness (QED) is 0.685. The molecule has 0 aliphatic heterocycles. The van der Waals surface area contributed by atoms with Gasteiger partial charge in [-0.2, -0.15) is 9.65 Å². The summed E-state index contributed by atoms with van der Waals surface area (Å²) in [6.07, 6.45) is 1.14. The van der Waals surface area contributed by atoms with Crippen LogP contribution in [0.1, 0.15) is 12.5 Å². The summed E-state index contributed by atoms with van der Waals surface area (Å²) in [6, 6.07) is 6.75. The first-order valence-electron chi connectivity index (χ1n) is 7.57. The van der Waals surface area contributed by atoms with E-state index in [2.05, 4.69) is 15.1 Å². The van der Waals surface area contributed by atoms with Crippen LogP contribution in [0.25, 0.3) is 17.1 Å². The maximum Gasteiger partial charge on any atom is 0.344 e. The molecule has 3 heterocycles. The number of aromatic nitrogens is 4. The zero-order chi connectivity index (χ0) is 19.6. The highest BCUT2D eigenvalue weighted by atomic mass is 19.1. The van der Waals surface area contributed by atoms with Gasteiger partial charge in [0, 0.05) is 18.0 Å². The number of nitriles is 1. The lowest BCUT2D eigenvalue weighted by atomic mass is 10.1. The van der Waals surface area contributed by atoms with Gasteiger partial charge in [-0.3, -0.25) is 0 Å². The number of carboxylic acids is 1. The highest BCUT2D eigenvalue weighted by molar-refractivity contribution is 5.74. The zero-order valence-corrected chi connectivity index (χ0v) is 13.8. The third-order valence-corrected chi connectivity index (χ3v) is 3.54. The van der Waals surface area contributed by atoms with Gasteiger partial charge in [0.05, 0.1) is 5.69 Å². The lowest BCUT2D eigenvalue weighted by molar-refractivity contribution is -0.144. The van der Waals surface area contributed by atoms with Crippen LogP contribution in [-0.4, -0.2) is 36.9 Å². The van der Waals surface area contributed by atoms with Gasteiger partial charge >= 0.3 is 5.97 Å². The Labute approximate surface area is 151 Å². The Morgan fingerprint density at radius 1 is 1.33 bits per heavy atom. The minimum Gasteiger partial charge on any atom is -0.479 e. The van der Waals surface area contributed by atoms with Crippen LogP contribution in [0.3, 0.4) is 0 Å². The normalized spacial score (nSPS) is 11.6. The number of hydrogen-bond donors (Lipinski definition) is 1. The van der Waals surface area contributed by atoms with Crippen LogP contribution < -0.4 is 4.74 Å². The Bertz CT molecular complexity index is 1040. The number of aliphatic carboxylic acids is 1. The van der Waals surface area contributed by atoms with Crippen molar-refractivity contribution in [2.45, 2.75) is 13.0 Å². The Balaban J connectivity index is 2.26. The van der Waals surface area contributed by atoms with E-state index in [1.807, 2.05) is 6.07 Å². The molecule has 0 fully saturated rings. The molecule has 8 nitrogen and oxygen atoms in total. The van der Waals surface area contributed by atoms with E-state index in [1.165, 1.54) is 25.3 Å². The van der Waals surface area contributed by atoms with Crippen LogP contribution >= 0.6 is 0 Å². The second kappa shape index (κ2) is 7.17. The standard InChI is InChI=1S/C17H11F2N5O3/c1-9(17(25)26)27-16-11(7-20)14(10-4-5-13(19)22-8-10)24(23-16)15-12(18)3-2-6-21-15/h2-6,8-9H,1H3,(H,25,26)/t9-/m1/s1. The molecule has 0 aliphatic carbocycles.